The summed E-state index contributed by atoms with van der Waals surface area (Å²) in [6.45, 7) is 5.69. The van der Waals surface area contributed by atoms with Crippen LogP contribution in [0.25, 0.3) is 0 Å². The monoisotopic (exact) mass is 274 g/mol. The zero-order chi connectivity index (χ0) is 14.1. The maximum absolute atomic E-state index is 12.6. The van der Waals surface area contributed by atoms with Gasteiger partial charge in [0.2, 0.25) is 5.91 Å². The lowest BCUT2D eigenvalue weighted by Crippen LogP contribution is -2.43. The number of hydrogen-bond acceptors (Lipinski definition) is 3. The van der Waals surface area contributed by atoms with Gasteiger partial charge in [-0.3, -0.25) is 4.79 Å². The van der Waals surface area contributed by atoms with Crippen molar-refractivity contribution < 1.29 is 9.53 Å². The number of fused-ring (bicyclic) bond motifs is 1. The summed E-state index contributed by atoms with van der Waals surface area (Å²) in [5.74, 6) is 1.16. The molecule has 4 heteroatoms. The number of nitrogens with zero attached hydrogens (tertiary/aromatic N) is 1. The molecule has 4 nitrogen and oxygen atoms in total. The van der Waals surface area contributed by atoms with Crippen LogP contribution in [0.2, 0.25) is 0 Å². The molecule has 2 aliphatic rings. The van der Waals surface area contributed by atoms with Crippen molar-refractivity contribution in [1.29, 1.82) is 0 Å². The van der Waals surface area contributed by atoms with Gasteiger partial charge in [-0.2, -0.15) is 0 Å². The number of rotatable bonds is 3. The number of nitrogens with one attached hydrogen (secondary N) is 1. The first-order chi connectivity index (χ1) is 9.66. The van der Waals surface area contributed by atoms with E-state index in [1.165, 1.54) is 0 Å². The molecular weight excluding hydrogens is 252 g/mol. The van der Waals surface area contributed by atoms with Crippen molar-refractivity contribution >= 4 is 5.91 Å². The molecule has 1 amide bonds. The molecule has 2 aliphatic heterocycles. The molecule has 2 atom stereocenters. The molecule has 1 fully saturated rings. The molecule has 0 saturated carbocycles. The molecule has 1 N–H and O–H groups in total. The Labute approximate surface area is 120 Å². The van der Waals surface area contributed by atoms with Crippen molar-refractivity contribution in [2.24, 2.45) is 0 Å². The van der Waals surface area contributed by atoms with Gasteiger partial charge in [0.05, 0.1) is 18.7 Å². The van der Waals surface area contributed by atoms with Gasteiger partial charge in [0.1, 0.15) is 5.75 Å². The van der Waals surface area contributed by atoms with Crippen LogP contribution in [0.4, 0.5) is 0 Å². The minimum Gasteiger partial charge on any atom is -0.493 e. The Bertz CT molecular complexity index is 501. The Morgan fingerprint density at radius 3 is 2.90 bits per heavy atom. The second-order valence-electron chi connectivity index (χ2n) is 5.89. The normalized spacial score (nSPS) is 25.8. The largest absolute Gasteiger partial charge is 0.493 e. The molecule has 108 valence electrons. The van der Waals surface area contributed by atoms with E-state index in [-0.39, 0.29) is 18.0 Å². The summed E-state index contributed by atoms with van der Waals surface area (Å²) in [7, 11) is 0. The predicted octanol–water partition coefficient (Wildman–Crippen LogP) is 2.11. The van der Waals surface area contributed by atoms with Crippen molar-refractivity contribution in [3.05, 3.63) is 29.8 Å². The van der Waals surface area contributed by atoms with Gasteiger partial charge in [-0.05, 0) is 12.5 Å². The predicted molar refractivity (Wildman–Crippen MR) is 77.7 cm³/mol. The summed E-state index contributed by atoms with van der Waals surface area (Å²) in [5, 5.41) is 3.36. The van der Waals surface area contributed by atoms with E-state index in [0.29, 0.717) is 12.6 Å². The summed E-state index contributed by atoms with van der Waals surface area (Å²) >= 11 is 0. The molecule has 0 bridgehead atoms. The highest BCUT2D eigenvalue weighted by Gasteiger charge is 2.38. The van der Waals surface area contributed by atoms with Gasteiger partial charge in [-0.1, -0.05) is 32.0 Å². The van der Waals surface area contributed by atoms with Crippen LogP contribution in [0.5, 0.6) is 5.75 Å². The Hall–Kier alpha value is -1.55. The van der Waals surface area contributed by atoms with E-state index >= 15 is 0 Å². The van der Waals surface area contributed by atoms with Crippen LogP contribution in [-0.2, 0) is 4.79 Å². The van der Waals surface area contributed by atoms with E-state index in [1.54, 1.807) is 0 Å². The first-order valence-electron chi connectivity index (χ1n) is 7.45. The molecule has 1 aromatic rings. The number of ether oxygens (including phenoxy) is 1. The van der Waals surface area contributed by atoms with E-state index in [4.69, 9.17) is 4.74 Å². The van der Waals surface area contributed by atoms with E-state index in [0.717, 1.165) is 30.7 Å². The Kier molecular flexibility index (Phi) is 3.66. The Balaban J connectivity index is 1.80. The minimum atomic E-state index is -0.0231. The fourth-order valence-electron chi connectivity index (χ4n) is 3.22. The number of likely N-dealkylation sites (tertiary alicyclic amines) is 1. The average Bonchev–Trinajstić information content (AvgIpc) is 2.79. The summed E-state index contributed by atoms with van der Waals surface area (Å²) in [6, 6.07) is 8.56. The third-order valence-corrected chi connectivity index (χ3v) is 4.08. The van der Waals surface area contributed by atoms with Gasteiger partial charge in [-0.25, -0.2) is 0 Å². The topological polar surface area (TPSA) is 41.6 Å². The smallest absolute Gasteiger partial charge is 0.240 e. The molecule has 1 aromatic carbocycles. The maximum Gasteiger partial charge on any atom is 0.240 e. The van der Waals surface area contributed by atoms with Crippen LogP contribution < -0.4 is 10.1 Å². The molecule has 2 unspecified atom stereocenters. The third-order valence-electron chi connectivity index (χ3n) is 4.08. The van der Waals surface area contributed by atoms with Crippen molar-refractivity contribution in [3.8, 4) is 5.75 Å². The molecule has 0 radical (unpaired) electrons. The highest BCUT2D eigenvalue weighted by molar-refractivity contribution is 5.84. The van der Waals surface area contributed by atoms with Gasteiger partial charge < -0.3 is 15.0 Å². The number of carbonyl (C=O) groups excluding carboxylic acids is 1. The van der Waals surface area contributed by atoms with Crippen LogP contribution >= 0.6 is 0 Å². The SMILES string of the molecule is CC(C)NC1CCN(C2CCOc3ccccc32)C1=O. The van der Waals surface area contributed by atoms with Crippen molar-refractivity contribution in [1.82, 2.24) is 10.2 Å². The molecular formula is C16H22N2O2. The summed E-state index contributed by atoms with van der Waals surface area (Å²) in [5.41, 5.74) is 1.15. The summed E-state index contributed by atoms with van der Waals surface area (Å²) in [4.78, 5) is 14.6. The lowest BCUT2D eigenvalue weighted by atomic mass is 9.99. The minimum absolute atomic E-state index is 0.0231. The van der Waals surface area contributed by atoms with E-state index in [2.05, 4.69) is 25.2 Å². The van der Waals surface area contributed by atoms with Crippen LogP contribution in [0.3, 0.4) is 0 Å². The lowest BCUT2D eigenvalue weighted by Gasteiger charge is -2.33. The Morgan fingerprint density at radius 1 is 1.30 bits per heavy atom. The molecule has 1 saturated heterocycles. The molecule has 0 aromatic heterocycles. The molecule has 2 heterocycles. The highest BCUT2D eigenvalue weighted by atomic mass is 16.5. The highest BCUT2D eigenvalue weighted by Crippen LogP contribution is 2.37. The fourth-order valence-corrected chi connectivity index (χ4v) is 3.22. The van der Waals surface area contributed by atoms with Crippen LogP contribution in [0, 0.1) is 0 Å². The maximum atomic E-state index is 12.6. The van der Waals surface area contributed by atoms with Gasteiger partial charge in [0, 0.05) is 24.6 Å². The van der Waals surface area contributed by atoms with Gasteiger partial charge in [0.25, 0.3) is 0 Å². The number of benzene rings is 1. The third kappa shape index (κ3) is 2.40. The molecule has 0 spiro atoms. The van der Waals surface area contributed by atoms with Crippen LogP contribution in [0.15, 0.2) is 24.3 Å². The number of amides is 1. The van der Waals surface area contributed by atoms with E-state index < -0.39 is 0 Å². The number of hydrogen-bond donors (Lipinski definition) is 1. The van der Waals surface area contributed by atoms with Gasteiger partial charge in [0.15, 0.2) is 0 Å². The first-order valence-corrected chi connectivity index (χ1v) is 7.45. The molecule has 3 rings (SSSR count). The summed E-state index contributed by atoms with van der Waals surface area (Å²) in [6.07, 6.45) is 1.79. The molecule has 20 heavy (non-hydrogen) atoms. The van der Waals surface area contributed by atoms with Crippen LogP contribution in [-0.4, -0.2) is 36.0 Å². The zero-order valence-corrected chi connectivity index (χ0v) is 12.1. The second kappa shape index (κ2) is 5.44. The standard InChI is InChI=1S/C16H22N2O2/c1-11(2)17-13-7-9-18(16(13)19)14-8-10-20-15-6-4-3-5-12(14)15/h3-6,11,13-14,17H,7-10H2,1-2H3. The van der Waals surface area contributed by atoms with Crippen LogP contribution in [0.1, 0.15) is 38.3 Å². The average molecular weight is 274 g/mol. The molecule has 0 aliphatic carbocycles. The van der Waals surface area contributed by atoms with Gasteiger partial charge >= 0.3 is 0 Å². The lowest BCUT2D eigenvalue weighted by molar-refractivity contribution is -0.132. The van der Waals surface area contributed by atoms with E-state index in [9.17, 15) is 4.79 Å². The Morgan fingerprint density at radius 2 is 2.10 bits per heavy atom. The first kappa shape index (κ1) is 13.4. The van der Waals surface area contributed by atoms with E-state index in [1.807, 2.05) is 23.1 Å². The summed E-state index contributed by atoms with van der Waals surface area (Å²) < 4.78 is 5.69. The quantitative estimate of drug-likeness (QED) is 0.918. The van der Waals surface area contributed by atoms with Crippen molar-refractivity contribution in [2.75, 3.05) is 13.2 Å². The van der Waals surface area contributed by atoms with Crippen molar-refractivity contribution in [3.63, 3.8) is 0 Å². The number of para-hydroxylation sites is 1. The van der Waals surface area contributed by atoms with Gasteiger partial charge in [-0.15, -0.1) is 0 Å². The number of carbonyl (C=O) groups is 1. The fraction of sp³-hybridized carbons (Fsp3) is 0.562. The van der Waals surface area contributed by atoms with Crippen molar-refractivity contribution in [2.45, 2.75) is 44.8 Å². The zero-order valence-electron chi connectivity index (χ0n) is 12.1. The second-order valence-corrected chi connectivity index (χ2v) is 5.89.